The highest BCUT2D eigenvalue weighted by Crippen LogP contribution is 2.29. The van der Waals surface area contributed by atoms with E-state index in [1.54, 1.807) is 14.2 Å². The number of ether oxygens (including phenoxy) is 2. The fraction of sp³-hybridized carbons (Fsp3) is 0.409. The van der Waals surface area contributed by atoms with Crippen LogP contribution >= 0.6 is 12.2 Å². The molecule has 5 nitrogen and oxygen atoms in total. The van der Waals surface area contributed by atoms with Crippen molar-refractivity contribution in [1.82, 2.24) is 9.80 Å². The van der Waals surface area contributed by atoms with E-state index in [0.717, 1.165) is 54.9 Å². The summed E-state index contributed by atoms with van der Waals surface area (Å²) in [5.74, 6) is 1.51. The summed E-state index contributed by atoms with van der Waals surface area (Å²) in [5.41, 5.74) is 2.18. The Morgan fingerprint density at radius 2 is 1.96 bits per heavy atom. The highest BCUT2D eigenvalue weighted by Gasteiger charge is 2.28. The van der Waals surface area contributed by atoms with Crippen LogP contribution in [0.1, 0.15) is 18.9 Å². The molecule has 3 rings (SSSR count). The van der Waals surface area contributed by atoms with E-state index >= 15 is 0 Å². The van der Waals surface area contributed by atoms with Crippen LogP contribution in [0.2, 0.25) is 0 Å². The fourth-order valence-corrected chi connectivity index (χ4v) is 4.11. The number of likely N-dealkylation sites (tertiary alicyclic amines) is 1. The molecule has 1 saturated heterocycles. The van der Waals surface area contributed by atoms with E-state index in [1.807, 2.05) is 18.2 Å². The zero-order chi connectivity index (χ0) is 19.9. The Hall–Kier alpha value is -2.31. The maximum atomic E-state index is 5.75. The number of nitrogens with one attached hydrogen (secondary N) is 1. The van der Waals surface area contributed by atoms with Crippen LogP contribution in [0.3, 0.4) is 0 Å². The number of benzene rings is 2. The van der Waals surface area contributed by atoms with Gasteiger partial charge < -0.3 is 19.7 Å². The zero-order valence-corrected chi connectivity index (χ0v) is 17.7. The first-order valence-corrected chi connectivity index (χ1v) is 10.1. The van der Waals surface area contributed by atoms with Gasteiger partial charge in [-0.05, 0) is 43.3 Å². The lowest BCUT2D eigenvalue weighted by atomic mass is 10.2. The third-order valence-electron chi connectivity index (χ3n) is 5.19. The standard InChI is InChI=1S/C22H29N3O2S/c1-4-25(18-12-13-24(16-18)15-17-8-6-5-7-9-17)22(28)23-20-14-19(26-2)10-11-21(20)27-3/h5-11,14,18H,4,12-13,15-16H2,1-3H3,(H,23,28). The molecule has 0 aliphatic carbocycles. The summed E-state index contributed by atoms with van der Waals surface area (Å²) in [5, 5.41) is 4.09. The molecule has 1 unspecified atom stereocenters. The van der Waals surface area contributed by atoms with Gasteiger partial charge >= 0.3 is 0 Å². The number of likely N-dealkylation sites (N-methyl/N-ethyl adjacent to an activating group) is 1. The van der Waals surface area contributed by atoms with Gasteiger partial charge in [0.05, 0.1) is 19.9 Å². The molecule has 0 bridgehead atoms. The van der Waals surface area contributed by atoms with Crippen molar-refractivity contribution in [3.05, 3.63) is 54.1 Å². The minimum absolute atomic E-state index is 0.408. The van der Waals surface area contributed by atoms with Gasteiger partial charge in [-0.1, -0.05) is 30.3 Å². The Kier molecular flexibility index (Phi) is 7.12. The number of nitrogens with zero attached hydrogens (tertiary/aromatic N) is 2. The number of rotatable bonds is 7. The van der Waals surface area contributed by atoms with Gasteiger partial charge in [-0.2, -0.15) is 0 Å². The number of methoxy groups -OCH3 is 2. The van der Waals surface area contributed by atoms with Crippen LogP contribution in [0.4, 0.5) is 5.69 Å². The lowest BCUT2D eigenvalue weighted by Gasteiger charge is -2.31. The minimum atomic E-state index is 0.408. The van der Waals surface area contributed by atoms with Crippen LogP contribution in [0.15, 0.2) is 48.5 Å². The van der Waals surface area contributed by atoms with Crippen LogP contribution in [-0.4, -0.2) is 54.8 Å². The Bertz CT molecular complexity index is 785. The van der Waals surface area contributed by atoms with Crippen molar-refractivity contribution in [3.63, 3.8) is 0 Å². The highest BCUT2D eigenvalue weighted by molar-refractivity contribution is 7.80. The molecule has 1 aliphatic heterocycles. The molecule has 1 aliphatic rings. The van der Waals surface area contributed by atoms with E-state index in [1.165, 1.54) is 5.56 Å². The second-order valence-corrected chi connectivity index (χ2v) is 7.33. The Morgan fingerprint density at radius 3 is 2.64 bits per heavy atom. The van der Waals surface area contributed by atoms with Crippen molar-refractivity contribution in [3.8, 4) is 11.5 Å². The fourth-order valence-electron chi connectivity index (χ4n) is 3.72. The zero-order valence-electron chi connectivity index (χ0n) is 16.9. The molecule has 0 aromatic heterocycles. The van der Waals surface area contributed by atoms with Gasteiger partial charge in [0.2, 0.25) is 0 Å². The first-order chi connectivity index (χ1) is 13.6. The topological polar surface area (TPSA) is 37.0 Å². The SMILES string of the molecule is CCN(C(=S)Nc1cc(OC)ccc1OC)C1CCN(Cc2ccccc2)C1. The first kappa shape index (κ1) is 20.4. The van der Waals surface area contributed by atoms with Gasteiger partial charge in [0.1, 0.15) is 11.5 Å². The largest absolute Gasteiger partial charge is 0.497 e. The lowest BCUT2D eigenvalue weighted by Crippen LogP contribution is -2.44. The van der Waals surface area contributed by atoms with Crippen LogP contribution < -0.4 is 14.8 Å². The summed E-state index contributed by atoms with van der Waals surface area (Å²) in [6.45, 7) is 6.10. The van der Waals surface area contributed by atoms with Crippen molar-refractivity contribution >= 4 is 23.0 Å². The quantitative estimate of drug-likeness (QED) is 0.710. The second kappa shape index (κ2) is 9.75. The van der Waals surface area contributed by atoms with Crippen molar-refractivity contribution in [2.75, 3.05) is 39.2 Å². The summed E-state index contributed by atoms with van der Waals surface area (Å²) >= 11 is 5.75. The van der Waals surface area contributed by atoms with E-state index in [-0.39, 0.29) is 0 Å². The third-order valence-corrected chi connectivity index (χ3v) is 5.52. The normalized spacial score (nSPS) is 16.6. The van der Waals surface area contributed by atoms with Crippen LogP contribution in [0, 0.1) is 0 Å². The van der Waals surface area contributed by atoms with Gasteiger partial charge in [0.15, 0.2) is 5.11 Å². The molecular weight excluding hydrogens is 370 g/mol. The predicted octanol–water partition coefficient (Wildman–Crippen LogP) is 4.00. The minimum Gasteiger partial charge on any atom is -0.497 e. The number of anilines is 1. The third kappa shape index (κ3) is 4.94. The molecule has 28 heavy (non-hydrogen) atoms. The van der Waals surface area contributed by atoms with Crippen molar-refractivity contribution in [2.24, 2.45) is 0 Å². The van der Waals surface area contributed by atoms with Crippen LogP contribution in [0.5, 0.6) is 11.5 Å². The monoisotopic (exact) mass is 399 g/mol. The molecule has 0 spiro atoms. The Balaban J connectivity index is 1.64. The maximum Gasteiger partial charge on any atom is 0.173 e. The average molecular weight is 400 g/mol. The van der Waals surface area contributed by atoms with Gasteiger partial charge in [-0.3, -0.25) is 4.90 Å². The Labute approximate surface area is 173 Å². The van der Waals surface area contributed by atoms with Crippen molar-refractivity contribution in [2.45, 2.75) is 25.9 Å². The van der Waals surface area contributed by atoms with Gasteiger partial charge in [0.25, 0.3) is 0 Å². The molecule has 1 heterocycles. The number of hydrogen-bond acceptors (Lipinski definition) is 4. The average Bonchev–Trinajstić information content (AvgIpc) is 3.17. The molecular formula is C22H29N3O2S. The molecule has 2 aromatic carbocycles. The Morgan fingerprint density at radius 1 is 1.18 bits per heavy atom. The summed E-state index contributed by atoms with van der Waals surface area (Å²) in [6.07, 6.45) is 1.11. The van der Waals surface area contributed by atoms with Gasteiger partial charge in [-0.15, -0.1) is 0 Å². The summed E-state index contributed by atoms with van der Waals surface area (Å²) in [6, 6.07) is 16.7. The van der Waals surface area contributed by atoms with E-state index in [9.17, 15) is 0 Å². The van der Waals surface area contributed by atoms with Crippen molar-refractivity contribution < 1.29 is 9.47 Å². The molecule has 6 heteroatoms. The molecule has 0 radical (unpaired) electrons. The van der Waals surface area contributed by atoms with E-state index in [0.29, 0.717) is 6.04 Å². The first-order valence-electron chi connectivity index (χ1n) is 9.70. The van der Waals surface area contributed by atoms with Crippen molar-refractivity contribution in [1.29, 1.82) is 0 Å². The maximum absolute atomic E-state index is 5.75. The van der Waals surface area contributed by atoms with E-state index < -0.39 is 0 Å². The molecule has 0 saturated carbocycles. The van der Waals surface area contributed by atoms with E-state index in [2.05, 4.69) is 52.4 Å². The highest BCUT2D eigenvalue weighted by atomic mass is 32.1. The van der Waals surface area contributed by atoms with Gasteiger partial charge in [0, 0.05) is 38.3 Å². The second-order valence-electron chi connectivity index (χ2n) is 6.95. The van der Waals surface area contributed by atoms with Crippen LogP contribution in [-0.2, 0) is 6.54 Å². The van der Waals surface area contributed by atoms with Gasteiger partial charge in [-0.25, -0.2) is 0 Å². The molecule has 1 N–H and O–H groups in total. The molecule has 1 fully saturated rings. The predicted molar refractivity (Wildman–Crippen MR) is 118 cm³/mol. The number of thiocarbonyl (C=S) groups is 1. The van der Waals surface area contributed by atoms with E-state index in [4.69, 9.17) is 21.7 Å². The molecule has 150 valence electrons. The smallest absolute Gasteiger partial charge is 0.173 e. The van der Waals surface area contributed by atoms with Crippen LogP contribution in [0.25, 0.3) is 0 Å². The molecule has 2 aromatic rings. The summed E-state index contributed by atoms with van der Waals surface area (Å²) in [7, 11) is 3.31. The lowest BCUT2D eigenvalue weighted by molar-refractivity contribution is 0.282. The number of hydrogen-bond donors (Lipinski definition) is 1. The summed E-state index contributed by atoms with van der Waals surface area (Å²) < 4.78 is 10.8. The summed E-state index contributed by atoms with van der Waals surface area (Å²) in [4.78, 5) is 4.77. The molecule has 0 amide bonds. The molecule has 1 atom stereocenters.